The average Bonchev–Trinajstić information content (AvgIpc) is 2.81. The van der Waals surface area contributed by atoms with Crippen molar-refractivity contribution in [2.45, 2.75) is 33.2 Å². The summed E-state index contributed by atoms with van der Waals surface area (Å²) in [5, 5.41) is 0. The molecule has 0 fully saturated rings. The minimum absolute atomic E-state index is 0.339. The largest absolute Gasteiger partial charge is 0.493 e. The van der Waals surface area contributed by atoms with E-state index in [9.17, 15) is 0 Å². The molecule has 4 nitrogen and oxygen atoms in total. The van der Waals surface area contributed by atoms with Crippen LogP contribution in [0.15, 0.2) is 12.1 Å². The van der Waals surface area contributed by atoms with Crippen LogP contribution in [0.4, 0.5) is 0 Å². The van der Waals surface area contributed by atoms with Crippen molar-refractivity contribution in [3.63, 3.8) is 0 Å². The van der Waals surface area contributed by atoms with E-state index < -0.39 is 0 Å². The Hall–Kier alpha value is -1.42. The fourth-order valence-electron chi connectivity index (χ4n) is 2.49. The normalized spacial score (nSPS) is 12.9. The van der Waals surface area contributed by atoms with Gasteiger partial charge in [-0.15, -0.1) is 11.6 Å². The van der Waals surface area contributed by atoms with Gasteiger partial charge in [0.2, 0.25) is 0 Å². The molecule has 0 aliphatic rings. The van der Waals surface area contributed by atoms with E-state index in [-0.39, 0.29) is 0 Å². The van der Waals surface area contributed by atoms with E-state index in [1.54, 1.807) is 14.2 Å². The Kier molecular flexibility index (Phi) is 4.99. The third-order valence-electron chi connectivity index (χ3n) is 3.96. The number of aryl methyl sites for hydroxylation is 1. The van der Waals surface area contributed by atoms with Crippen LogP contribution in [-0.2, 0) is 6.42 Å². The number of fused-ring (bicyclic) bond motifs is 1. The Morgan fingerprint density at radius 1 is 1.14 bits per heavy atom. The monoisotopic (exact) mass is 310 g/mol. The number of halogens is 1. The van der Waals surface area contributed by atoms with Crippen molar-refractivity contribution < 1.29 is 9.47 Å². The van der Waals surface area contributed by atoms with Gasteiger partial charge in [-0.3, -0.25) is 0 Å². The summed E-state index contributed by atoms with van der Waals surface area (Å²) >= 11 is 5.93. The van der Waals surface area contributed by atoms with Crippen molar-refractivity contribution in [2.24, 2.45) is 5.92 Å². The maximum atomic E-state index is 5.93. The third kappa shape index (κ3) is 2.95. The predicted molar refractivity (Wildman–Crippen MR) is 86.8 cm³/mol. The van der Waals surface area contributed by atoms with Crippen LogP contribution in [0, 0.1) is 5.92 Å². The molecule has 0 spiro atoms. The van der Waals surface area contributed by atoms with Crippen molar-refractivity contribution in [1.29, 1.82) is 0 Å². The summed E-state index contributed by atoms with van der Waals surface area (Å²) in [4.78, 5) is 4.73. The summed E-state index contributed by atoms with van der Waals surface area (Å²) in [7, 11) is 3.28. The number of hydrogen-bond donors (Lipinski definition) is 0. The summed E-state index contributed by atoms with van der Waals surface area (Å²) < 4.78 is 13.0. The fraction of sp³-hybridized carbons (Fsp3) is 0.562. The fourth-order valence-corrected chi connectivity index (χ4v) is 2.65. The molecule has 5 heteroatoms. The minimum atomic E-state index is 0.339. The Morgan fingerprint density at radius 3 is 2.29 bits per heavy atom. The lowest BCUT2D eigenvalue weighted by Crippen LogP contribution is -2.15. The molecule has 2 aromatic rings. The summed E-state index contributed by atoms with van der Waals surface area (Å²) in [6, 6.07) is 4.26. The van der Waals surface area contributed by atoms with Gasteiger partial charge in [0.25, 0.3) is 0 Å². The lowest BCUT2D eigenvalue weighted by molar-refractivity contribution is 0.355. The van der Waals surface area contributed by atoms with Crippen molar-refractivity contribution in [3.05, 3.63) is 18.0 Å². The molecule has 0 aliphatic carbocycles. The molecule has 1 heterocycles. The third-order valence-corrected chi connectivity index (χ3v) is 4.15. The van der Waals surface area contributed by atoms with Crippen LogP contribution >= 0.6 is 11.6 Å². The van der Waals surface area contributed by atoms with Gasteiger partial charge in [0.05, 0.1) is 25.3 Å². The number of aromatic nitrogens is 2. The zero-order valence-electron chi connectivity index (χ0n) is 13.3. The molecule has 0 saturated heterocycles. The number of imidazole rings is 1. The highest BCUT2D eigenvalue weighted by Crippen LogP contribution is 2.35. The first-order chi connectivity index (χ1) is 10.0. The first kappa shape index (κ1) is 16.0. The number of ether oxygens (including phenoxy) is 2. The molecule has 1 aromatic heterocycles. The van der Waals surface area contributed by atoms with Crippen LogP contribution in [-0.4, -0.2) is 29.7 Å². The molecular weight excluding hydrogens is 288 g/mol. The number of alkyl halides is 1. The summed E-state index contributed by atoms with van der Waals surface area (Å²) in [6.45, 7) is 6.63. The van der Waals surface area contributed by atoms with Gasteiger partial charge >= 0.3 is 0 Å². The lowest BCUT2D eigenvalue weighted by atomic mass is 10.1. The van der Waals surface area contributed by atoms with E-state index in [1.807, 2.05) is 12.1 Å². The second-order valence-corrected chi connectivity index (χ2v) is 5.90. The molecule has 116 valence electrons. The Labute approximate surface area is 131 Å². The van der Waals surface area contributed by atoms with Crippen LogP contribution < -0.4 is 9.47 Å². The van der Waals surface area contributed by atoms with Gasteiger partial charge in [0, 0.05) is 30.5 Å². The van der Waals surface area contributed by atoms with Gasteiger partial charge in [-0.05, 0) is 12.8 Å². The minimum Gasteiger partial charge on any atom is -0.493 e. The van der Waals surface area contributed by atoms with E-state index >= 15 is 0 Å². The maximum Gasteiger partial charge on any atom is 0.163 e. The quantitative estimate of drug-likeness (QED) is 0.755. The van der Waals surface area contributed by atoms with Crippen molar-refractivity contribution in [3.8, 4) is 11.5 Å². The molecule has 0 bridgehead atoms. The molecule has 2 rings (SSSR count). The van der Waals surface area contributed by atoms with Crippen LogP contribution in [0.25, 0.3) is 11.0 Å². The predicted octanol–water partition coefficient (Wildman–Crippen LogP) is 4.05. The number of benzene rings is 1. The Morgan fingerprint density at radius 2 is 1.76 bits per heavy atom. The van der Waals surface area contributed by atoms with E-state index in [1.165, 1.54) is 0 Å². The SMILES string of the molecule is COc1cc2nc(CCCl)n(C(C)C(C)C)c2cc1OC. The maximum absolute atomic E-state index is 5.93. The summed E-state index contributed by atoms with van der Waals surface area (Å²) in [5.74, 6) is 3.49. The van der Waals surface area contributed by atoms with E-state index in [2.05, 4.69) is 25.3 Å². The molecule has 1 aromatic carbocycles. The van der Waals surface area contributed by atoms with Gasteiger partial charge in [0.1, 0.15) is 5.82 Å². The topological polar surface area (TPSA) is 36.3 Å². The van der Waals surface area contributed by atoms with Gasteiger partial charge in [-0.25, -0.2) is 4.98 Å². The highest BCUT2D eigenvalue weighted by Gasteiger charge is 2.20. The van der Waals surface area contributed by atoms with Crippen LogP contribution in [0.3, 0.4) is 0 Å². The van der Waals surface area contributed by atoms with Crippen LogP contribution in [0.2, 0.25) is 0 Å². The first-order valence-electron chi connectivity index (χ1n) is 7.22. The zero-order valence-corrected chi connectivity index (χ0v) is 14.1. The molecule has 21 heavy (non-hydrogen) atoms. The average molecular weight is 311 g/mol. The first-order valence-corrected chi connectivity index (χ1v) is 7.75. The second kappa shape index (κ2) is 6.56. The number of methoxy groups -OCH3 is 2. The molecule has 0 N–H and O–H groups in total. The Bertz CT molecular complexity index is 622. The molecule has 1 atom stereocenters. The summed E-state index contributed by atoms with van der Waals surface area (Å²) in [5.41, 5.74) is 1.98. The van der Waals surface area contributed by atoms with Gasteiger partial charge in [-0.2, -0.15) is 0 Å². The van der Waals surface area contributed by atoms with Gasteiger partial charge < -0.3 is 14.0 Å². The number of rotatable bonds is 6. The zero-order chi connectivity index (χ0) is 15.6. The Balaban J connectivity index is 2.69. The molecular formula is C16H23ClN2O2. The van der Waals surface area contributed by atoms with E-state index in [4.69, 9.17) is 26.1 Å². The molecule has 0 aliphatic heterocycles. The number of nitrogens with zero attached hydrogens (tertiary/aromatic N) is 2. The second-order valence-electron chi connectivity index (χ2n) is 5.52. The van der Waals surface area contributed by atoms with Crippen LogP contribution in [0.1, 0.15) is 32.6 Å². The van der Waals surface area contributed by atoms with Crippen molar-refractivity contribution >= 4 is 22.6 Å². The smallest absolute Gasteiger partial charge is 0.163 e. The lowest BCUT2D eigenvalue weighted by Gasteiger charge is -2.21. The molecule has 0 saturated carbocycles. The molecule has 1 unspecified atom stereocenters. The van der Waals surface area contributed by atoms with Crippen molar-refractivity contribution in [2.75, 3.05) is 20.1 Å². The van der Waals surface area contributed by atoms with Gasteiger partial charge in [0.15, 0.2) is 11.5 Å². The highest BCUT2D eigenvalue weighted by atomic mass is 35.5. The van der Waals surface area contributed by atoms with Crippen LogP contribution in [0.5, 0.6) is 11.5 Å². The van der Waals surface area contributed by atoms with E-state index in [0.29, 0.717) is 23.6 Å². The molecule has 0 radical (unpaired) electrons. The highest BCUT2D eigenvalue weighted by molar-refractivity contribution is 6.17. The number of hydrogen-bond acceptors (Lipinski definition) is 3. The van der Waals surface area contributed by atoms with E-state index in [0.717, 1.165) is 29.0 Å². The van der Waals surface area contributed by atoms with Gasteiger partial charge in [-0.1, -0.05) is 13.8 Å². The summed E-state index contributed by atoms with van der Waals surface area (Å²) in [6.07, 6.45) is 0.748. The standard InChI is InChI=1S/C16H23ClN2O2/c1-10(2)11(3)19-13-9-15(21-5)14(20-4)8-12(13)18-16(19)6-7-17/h8-11H,6-7H2,1-5H3. The van der Waals surface area contributed by atoms with Crippen molar-refractivity contribution in [1.82, 2.24) is 9.55 Å². The molecule has 0 amide bonds.